The molecule has 1 amide bonds. The summed E-state index contributed by atoms with van der Waals surface area (Å²) in [4.78, 5) is 15.9. The van der Waals surface area contributed by atoms with Gasteiger partial charge in [-0.15, -0.1) is 0 Å². The van der Waals surface area contributed by atoms with Gasteiger partial charge in [0.2, 0.25) is 21.8 Å². The molecule has 1 saturated heterocycles. The molecule has 0 bridgehead atoms. The highest BCUT2D eigenvalue weighted by molar-refractivity contribution is 7.89. The molecule has 0 radical (unpaired) electrons. The molecule has 0 unspecified atom stereocenters. The van der Waals surface area contributed by atoms with Crippen LogP contribution in [0.4, 0.5) is 5.69 Å². The molecule has 1 aromatic carbocycles. The maximum Gasteiger partial charge on any atom is 0.243 e. The minimum Gasteiger partial charge on any atom is -0.473 e. The standard InChI is InChI=1S/C19H23N3O4S/c1-3-18(23)21-15-7-8-17(14(2)12-15)27(24,25)22-11-9-16(13-22)26-19-6-4-5-10-20-19/h4-8,10,12,16H,3,9,11,13H2,1-2H3,(H,21,23)/t16-/m1/s1. The van der Waals surface area contributed by atoms with Crippen molar-refractivity contribution in [1.29, 1.82) is 0 Å². The van der Waals surface area contributed by atoms with Gasteiger partial charge in [-0.3, -0.25) is 4.79 Å². The SMILES string of the molecule is CCC(=O)Nc1ccc(S(=O)(=O)N2CC[C@@H](Oc3ccccn3)C2)c(C)c1. The molecular weight excluding hydrogens is 366 g/mol. The van der Waals surface area contributed by atoms with Crippen LogP contribution in [0.15, 0.2) is 47.5 Å². The van der Waals surface area contributed by atoms with E-state index in [2.05, 4.69) is 10.3 Å². The molecule has 0 aliphatic carbocycles. The van der Waals surface area contributed by atoms with E-state index in [0.717, 1.165) is 0 Å². The Bertz CT molecular complexity index is 916. The minimum atomic E-state index is -3.63. The highest BCUT2D eigenvalue weighted by Crippen LogP contribution is 2.27. The first-order chi connectivity index (χ1) is 12.9. The van der Waals surface area contributed by atoms with E-state index in [4.69, 9.17) is 4.74 Å². The van der Waals surface area contributed by atoms with Crippen molar-refractivity contribution in [1.82, 2.24) is 9.29 Å². The molecule has 1 aliphatic rings. The largest absolute Gasteiger partial charge is 0.473 e. The van der Waals surface area contributed by atoms with Crippen molar-refractivity contribution in [3.8, 4) is 5.88 Å². The highest BCUT2D eigenvalue weighted by atomic mass is 32.2. The average Bonchev–Trinajstić information content (AvgIpc) is 3.11. The Morgan fingerprint density at radius 3 is 2.81 bits per heavy atom. The van der Waals surface area contributed by atoms with Crippen molar-refractivity contribution < 1.29 is 17.9 Å². The summed E-state index contributed by atoms with van der Waals surface area (Å²) in [6.07, 6.45) is 2.39. The fourth-order valence-corrected chi connectivity index (χ4v) is 4.70. The van der Waals surface area contributed by atoms with E-state index in [0.29, 0.717) is 36.5 Å². The van der Waals surface area contributed by atoms with Gasteiger partial charge >= 0.3 is 0 Å². The zero-order valence-corrected chi connectivity index (χ0v) is 16.2. The van der Waals surface area contributed by atoms with Gasteiger partial charge in [0.1, 0.15) is 6.10 Å². The molecular formula is C19H23N3O4S. The number of nitrogens with zero attached hydrogens (tertiary/aromatic N) is 2. The first-order valence-electron chi connectivity index (χ1n) is 8.88. The lowest BCUT2D eigenvalue weighted by molar-refractivity contribution is -0.115. The molecule has 27 heavy (non-hydrogen) atoms. The normalized spacial score (nSPS) is 17.6. The van der Waals surface area contributed by atoms with Gasteiger partial charge in [0.05, 0.1) is 11.4 Å². The number of hydrogen-bond donors (Lipinski definition) is 1. The van der Waals surface area contributed by atoms with Gasteiger partial charge in [-0.05, 0) is 43.2 Å². The van der Waals surface area contributed by atoms with Crippen LogP contribution in [0.25, 0.3) is 0 Å². The number of anilines is 1. The highest BCUT2D eigenvalue weighted by Gasteiger charge is 2.34. The van der Waals surface area contributed by atoms with Crippen molar-refractivity contribution in [3.63, 3.8) is 0 Å². The number of ether oxygens (including phenoxy) is 1. The van der Waals surface area contributed by atoms with Gasteiger partial charge in [0.25, 0.3) is 0 Å². The molecule has 144 valence electrons. The lowest BCUT2D eigenvalue weighted by atomic mass is 10.2. The van der Waals surface area contributed by atoms with Gasteiger partial charge in [-0.25, -0.2) is 13.4 Å². The number of sulfonamides is 1. The summed E-state index contributed by atoms with van der Waals surface area (Å²) in [5, 5.41) is 2.74. The fraction of sp³-hybridized carbons (Fsp3) is 0.368. The summed E-state index contributed by atoms with van der Waals surface area (Å²) in [5.41, 5.74) is 1.19. The van der Waals surface area contributed by atoms with Gasteiger partial charge < -0.3 is 10.1 Å². The van der Waals surface area contributed by atoms with E-state index >= 15 is 0 Å². The number of hydrogen-bond acceptors (Lipinski definition) is 5. The summed E-state index contributed by atoms with van der Waals surface area (Å²) in [6, 6.07) is 10.2. The summed E-state index contributed by atoms with van der Waals surface area (Å²) >= 11 is 0. The summed E-state index contributed by atoms with van der Waals surface area (Å²) in [5.74, 6) is 0.382. The van der Waals surface area contributed by atoms with Crippen LogP contribution in [0.3, 0.4) is 0 Å². The van der Waals surface area contributed by atoms with E-state index in [9.17, 15) is 13.2 Å². The summed E-state index contributed by atoms with van der Waals surface area (Å²) < 4.78 is 33.2. The van der Waals surface area contributed by atoms with Gasteiger partial charge in [-0.1, -0.05) is 13.0 Å². The van der Waals surface area contributed by atoms with Crippen LogP contribution in [0.5, 0.6) is 5.88 Å². The average molecular weight is 389 g/mol. The lowest BCUT2D eigenvalue weighted by Crippen LogP contribution is -2.31. The molecule has 1 atom stereocenters. The summed E-state index contributed by atoms with van der Waals surface area (Å²) in [6.45, 7) is 4.17. The molecule has 1 aromatic heterocycles. The number of aromatic nitrogens is 1. The Hall–Kier alpha value is -2.45. The van der Waals surface area contributed by atoms with E-state index in [1.54, 1.807) is 50.4 Å². The van der Waals surface area contributed by atoms with Crippen molar-refractivity contribution in [2.45, 2.75) is 37.7 Å². The second-order valence-electron chi connectivity index (χ2n) is 6.44. The molecule has 1 aliphatic heterocycles. The topological polar surface area (TPSA) is 88.6 Å². The zero-order valence-electron chi connectivity index (χ0n) is 15.4. The Morgan fingerprint density at radius 1 is 1.33 bits per heavy atom. The lowest BCUT2D eigenvalue weighted by Gasteiger charge is -2.19. The van der Waals surface area contributed by atoms with Crippen LogP contribution >= 0.6 is 0 Å². The molecule has 8 heteroatoms. The van der Waals surface area contributed by atoms with Crippen molar-refractivity contribution in [3.05, 3.63) is 48.2 Å². The van der Waals surface area contributed by atoms with Gasteiger partial charge in [0.15, 0.2) is 0 Å². The van der Waals surface area contributed by atoms with Crippen LogP contribution in [0, 0.1) is 6.92 Å². The summed E-state index contributed by atoms with van der Waals surface area (Å²) in [7, 11) is -3.63. The van der Waals surface area contributed by atoms with E-state index < -0.39 is 10.0 Å². The third-order valence-electron chi connectivity index (χ3n) is 4.43. The smallest absolute Gasteiger partial charge is 0.243 e. The predicted octanol–water partition coefficient (Wildman–Crippen LogP) is 2.58. The van der Waals surface area contributed by atoms with Gasteiger partial charge in [-0.2, -0.15) is 4.31 Å². The second kappa shape index (κ2) is 8.06. The number of pyridine rings is 1. The van der Waals surface area contributed by atoms with Crippen LogP contribution in [-0.4, -0.2) is 42.8 Å². The Morgan fingerprint density at radius 2 is 2.15 bits per heavy atom. The Labute approximate surface area is 159 Å². The number of benzene rings is 1. The number of nitrogens with one attached hydrogen (secondary N) is 1. The Balaban J connectivity index is 1.72. The first-order valence-corrected chi connectivity index (χ1v) is 10.3. The number of aryl methyl sites for hydroxylation is 1. The first kappa shape index (κ1) is 19.3. The fourth-order valence-electron chi connectivity index (χ4n) is 3.00. The van der Waals surface area contributed by atoms with E-state index in [1.807, 2.05) is 6.07 Å². The number of carbonyl (C=O) groups is 1. The number of amides is 1. The molecule has 3 rings (SSSR count). The molecule has 7 nitrogen and oxygen atoms in total. The van der Waals surface area contributed by atoms with E-state index in [1.165, 1.54) is 4.31 Å². The maximum absolute atomic E-state index is 13.0. The molecule has 1 N–H and O–H groups in total. The van der Waals surface area contributed by atoms with Crippen molar-refractivity contribution in [2.24, 2.45) is 0 Å². The Kier molecular flexibility index (Phi) is 5.76. The third kappa shape index (κ3) is 4.45. The molecule has 2 heterocycles. The van der Waals surface area contributed by atoms with Crippen LogP contribution in [-0.2, 0) is 14.8 Å². The maximum atomic E-state index is 13.0. The van der Waals surface area contributed by atoms with Crippen molar-refractivity contribution in [2.75, 3.05) is 18.4 Å². The second-order valence-corrected chi connectivity index (χ2v) is 8.35. The van der Waals surface area contributed by atoms with Gasteiger partial charge in [0, 0.05) is 30.9 Å². The molecule has 1 fully saturated rings. The van der Waals surface area contributed by atoms with Crippen molar-refractivity contribution >= 4 is 21.6 Å². The monoisotopic (exact) mass is 389 g/mol. The van der Waals surface area contributed by atoms with Crippen LogP contribution in [0.1, 0.15) is 25.3 Å². The number of carbonyl (C=O) groups excluding carboxylic acids is 1. The minimum absolute atomic E-state index is 0.112. The quantitative estimate of drug-likeness (QED) is 0.820. The zero-order chi connectivity index (χ0) is 19.4. The molecule has 0 spiro atoms. The number of rotatable bonds is 6. The predicted molar refractivity (Wildman–Crippen MR) is 102 cm³/mol. The van der Waals surface area contributed by atoms with Crippen LogP contribution in [0.2, 0.25) is 0 Å². The molecule has 0 saturated carbocycles. The third-order valence-corrected chi connectivity index (χ3v) is 6.46. The molecule has 2 aromatic rings. The van der Waals surface area contributed by atoms with E-state index in [-0.39, 0.29) is 23.5 Å². The van der Waals surface area contributed by atoms with Crippen LogP contribution < -0.4 is 10.1 Å².